The summed E-state index contributed by atoms with van der Waals surface area (Å²) in [6.07, 6.45) is 3.93. The van der Waals surface area contributed by atoms with Crippen molar-refractivity contribution in [1.82, 2.24) is 9.36 Å². The number of benzene rings is 1. The molecule has 1 aromatic carbocycles. The first kappa shape index (κ1) is 22.1. The van der Waals surface area contributed by atoms with Crippen LogP contribution in [0.4, 0.5) is 19.5 Å². The number of ether oxygens (including phenoxy) is 1. The van der Waals surface area contributed by atoms with E-state index in [0.29, 0.717) is 36.4 Å². The molecule has 1 fully saturated rings. The molecule has 8 nitrogen and oxygen atoms in total. The van der Waals surface area contributed by atoms with E-state index < -0.39 is 17.5 Å². The number of carbonyl (C=O) groups excluding carboxylic acids is 2. The molecule has 168 valence electrons. The van der Waals surface area contributed by atoms with Crippen molar-refractivity contribution in [3.8, 4) is 15.6 Å². The summed E-state index contributed by atoms with van der Waals surface area (Å²) in [4.78, 5) is 28.1. The summed E-state index contributed by atoms with van der Waals surface area (Å²) in [7, 11) is 0. The van der Waals surface area contributed by atoms with Gasteiger partial charge in [-0.05, 0) is 37.8 Å². The van der Waals surface area contributed by atoms with Crippen LogP contribution in [-0.4, -0.2) is 27.3 Å². The SMILES string of the molecule is NC(=O)C1CCC(Oc2sncc2NC(=O)c2nc(-c3c(F)cccc3F)sc2N)CC1. The molecule has 1 saturated carbocycles. The third kappa shape index (κ3) is 4.55. The Labute approximate surface area is 189 Å². The van der Waals surface area contributed by atoms with Crippen molar-refractivity contribution < 1.29 is 23.1 Å². The van der Waals surface area contributed by atoms with Crippen molar-refractivity contribution in [1.29, 1.82) is 0 Å². The molecule has 3 aromatic rings. The zero-order chi connectivity index (χ0) is 22.8. The summed E-state index contributed by atoms with van der Waals surface area (Å²) >= 11 is 1.89. The van der Waals surface area contributed by atoms with Gasteiger partial charge in [-0.1, -0.05) is 17.4 Å². The lowest BCUT2D eigenvalue weighted by molar-refractivity contribution is -0.123. The maximum atomic E-state index is 14.1. The molecule has 0 atom stereocenters. The molecule has 2 heterocycles. The van der Waals surface area contributed by atoms with Crippen molar-refractivity contribution in [3.63, 3.8) is 0 Å². The third-order valence-electron chi connectivity index (χ3n) is 5.18. The molecule has 0 unspecified atom stereocenters. The van der Waals surface area contributed by atoms with Gasteiger partial charge in [-0.2, -0.15) is 4.37 Å². The lowest BCUT2D eigenvalue weighted by Crippen LogP contribution is -2.31. The van der Waals surface area contributed by atoms with E-state index in [1.807, 2.05) is 0 Å². The average Bonchev–Trinajstić information content (AvgIpc) is 3.34. The second kappa shape index (κ2) is 9.17. The Morgan fingerprint density at radius 3 is 2.50 bits per heavy atom. The minimum atomic E-state index is -0.797. The Balaban J connectivity index is 1.46. The van der Waals surface area contributed by atoms with E-state index in [9.17, 15) is 18.4 Å². The molecule has 0 radical (unpaired) electrons. The van der Waals surface area contributed by atoms with Crippen molar-refractivity contribution >= 4 is 45.4 Å². The summed E-state index contributed by atoms with van der Waals surface area (Å²) in [5.74, 6) is -2.69. The average molecular weight is 480 g/mol. The van der Waals surface area contributed by atoms with Gasteiger partial charge in [0.1, 0.15) is 27.3 Å². The molecule has 0 spiro atoms. The highest BCUT2D eigenvalue weighted by Gasteiger charge is 2.27. The topological polar surface area (TPSA) is 133 Å². The molecule has 5 N–H and O–H groups in total. The Morgan fingerprint density at radius 1 is 1.16 bits per heavy atom. The first-order chi connectivity index (χ1) is 15.3. The largest absolute Gasteiger partial charge is 0.478 e. The Morgan fingerprint density at radius 2 is 1.84 bits per heavy atom. The molecule has 0 aliphatic heterocycles. The van der Waals surface area contributed by atoms with Crippen LogP contribution in [0.5, 0.6) is 5.06 Å². The number of anilines is 2. The number of primary amides is 1. The highest BCUT2D eigenvalue weighted by molar-refractivity contribution is 7.19. The molecule has 2 aromatic heterocycles. The van der Waals surface area contributed by atoms with E-state index in [2.05, 4.69) is 14.7 Å². The van der Waals surface area contributed by atoms with E-state index >= 15 is 0 Å². The monoisotopic (exact) mass is 479 g/mol. The molecule has 32 heavy (non-hydrogen) atoms. The van der Waals surface area contributed by atoms with Crippen LogP contribution >= 0.6 is 22.9 Å². The third-order valence-corrected chi connectivity index (χ3v) is 6.78. The fraction of sp³-hybridized carbons (Fsp3) is 0.300. The Kier molecular flexibility index (Phi) is 6.33. The molecule has 2 amide bonds. The van der Waals surface area contributed by atoms with E-state index in [-0.39, 0.29) is 39.2 Å². The predicted molar refractivity (Wildman–Crippen MR) is 118 cm³/mol. The van der Waals surface area contributed by atoms with Crippen molar-refractivity contribution in [2.24, 2.45) is 11.7 Å². The van der Waals surface area contributed by atoms with Gasteiger partial charge in [-0.15, -0.1) is 0 Å². The standard InChI is InChI=1S/C20H19F2N5O3S2/c21-11-2-1-3-12(22)14(11)19-27-15(17(24)31-19)18(29)26-13-8-25-32-20(13)30-10-6-4-9(5-7-10)16(23)28/h1-3,8-10H,4-7,24H2,(H2,23,28)(H,26,29). The van der Waals surface area contributed by atoms with Gasteiger partial charge in [-0.25, -0.2) is 13.8 Å². The molecule has 1 aliphatic rings. The lowest BCUT2D eigenvalue weighted by Gasteiger charge is -2.26. The van der Waals surface area contributed by atoms with Crippen LogP contribution in [0.2, 0.25) is 0 Å². The number of rotatable bonds is 6. The number of halogens is 2. The minimum Gasteiger partial charge on any atom is -0.478 e. The first-order valence-corrected chi connectivity index (χ1v) is 11.3. The number of hydrogen-bond donors (Lipinski definition) is 3. The van der Waals surface area contributed by atoms with Crippen molar-refractivity contribution in [2.45, 2.75) is 31.8 Å². The molecular weight excluding hydrogens is 460 g/mol. The van der Waals surface area contributed by atoms with Crippen LogP contribution in [0.25, 0.3) is 10.6 Å². The van der Waals surface area contributed by atoms with Gasteiger partial charge in [-0.3, -0.25) is 9.59 Å². The van der Waals surface area contributed by atoms with E-state index in [0.717, 1.165) is 35.0 Å². The number of nitrogen functional groups attached to an aromatic ring is 1. The molecule has 0 saturated heterocycles. The first-order valence-electron chi connectivity index (χ1n) is 9.76. The molecular formula is C20H19F2N5O3S2. The predicted octanol–water partition coefficient (Wildman–Crippen LogP) is 3.80. The molecule has 1 aliphatic carbocycles. The number of carbonyl (C=O) groups is 2. The van der Waals surface area contributed by atoms with Gasteiger partial charge in [0, 0.05) is 17.5 Å². The van der Waals surface area contributed by atoms with Gasteiger partial charge < -0.3 is 21.5 Å². The van der Waals surface area contributed by atoms with Gasteiger partial charge in [0.25, 0.3) is 5.91 Å². The second-order valence-corrected chi connectivity index (χ2v) is 9.10. The zero-order valence-electron chi connectivity index (χ0n) is 16.6. The fourth-order valence-electron chi connectivity index (χ4n) is 3.50. The molecule has 12 heteroatoms. The van der Waals surface area contributed by atoms with Crippen LogP contribution in [-0.2, 0) is 4.79 Å². The number of nitrogens with two attached hydrogens (primary N) is 2. The van der Waals surface area contributed by atoms with Gasteiger partial charge >= 0.3 is 0 Å². The summed E-state index contributed by atoms with van der Waals surface area (Å²) in [5.41, 5.74) is 11.1. The Hall–Kier alpha value is -3.12. The number of amides is 2. The van der Waals surface area contributed by atoms with Crippen LogP contribution in [0, 0.1) is 17.6 Å². The number of thiazole rings is 1. The smallest absolute Gasteiger partial charge is 0.277 e. The maximum absolute atomic E-state index is 14.1. The second-order valence-electron chi connectivity index (χ2n) is 7.30. The maximum Gasteiger partial charge on any atom is 0.277 e. The summed E-state index contributed by atoms with van der Waals surface area (Å²) in [5, 5.41) is 3.05. The molecule has 0 bridgehead atoms. The Bertz CT molecular complexity index is 1140. The number of aromatic nitrogens is 2. The van der Waals surface area contributed by atoms with E-state index in [1.165, 1.54) is 12.3 Å². The number of hydrogen-bond acceptors (Lipinski definition) is 8. The summed E-state index contributed by atoms with van der Waals surface area (Å²) < 4.78 is 38.2. The normalized spacial score (nSPS) is 18.3. The van der Waals surface area contributed by atoms with Crippen LogP contribution < -0.4 is 21.5 Å². The highest BCUT2D eigenvalue weighted by Crippen LogP contribution is 2.36. The number of nitrogens with one attached hydrogen (secondary N) is 1. The number of nitrogens with zero attached hydrogens (tertiary/aromatic N) is 2. The van der Waals surface area contributed by atoms with Crippen LogP contribution in [0.1, 0.15) is 36.2 Å². The van der Waals surface area contributed by atoms with Crippen molar-refractivity contribution in [3.05, 3.63) is 41.7 Å². The van der Waals surface area contributed by atoms with Gasteiger partial charge in [0.2, 0.25) is 11.0 Å². The van der Waals surface area contributed by atoms with Crippen molar-refractivity contribution in [2.75, 3.05) is 11.1 Å². The minimum absolute atomic E-state index is 0.0237. The highest BCUT2D eigenvalue weighted by atomic mass is 32.1. The van der Waals surface area contributed by atoms with E-state index in [1.54, 1.807) is 0 Å². The summed E-state index contributed by atoms with van der Waals surface area (Å²) in [6.45, 7) is 0. The zero-order valence-corrected chi connectivity index (χ0v) is 18.3. The van der Waals surface area contributed by atoms with E-state index in [4.69, 9.17) is 16.2 Å². The molecule has 4 rings (SSSR count). The summed E-state index contributed by atoms with van der Waals surface area (Å²) in [6, 6.07) is 3.45. The lowest BCUT2D eigenvalue weighted by atomic mass is 9.87. The van der Waals surface area contributed by atoms with Crippen LogP contribution in [0.3, 0.4) is 0 Å². The quantitative estimate of drug-likeness (QED) is 0.492. The van der Waals surface area contributed by atoms with Gasteiger partial charge in [0.15, 0.2) is 5.69 Å². The van der Waals surface area contributed by atoms with Gasteiger partial charge in [0.05, 0.1) is 17.9 Å². The van der Waals surface area contributed by atoms with Crippen LogP contribution in [0.15, 0.2) is 24.4 Å². The fourth-order valence-corrected chi connectivity index (χ4v) is 5.01.